The number of carbonyl (C=O) groups excluding carboxylic acids is 1. The number of benzene rings is 3. The van der Waals surface area contributed by atoms with Crippen LogP contribution in [0.2, 0.25) is 0 Å². The lowest BCUT2D eigenvalue weighted by Crippen LogP contribution is -2.31. The third kappa shape index (κ3) is 2.24. The maximum absolute atomic E-state index is 13.3. The van der Waals surface area contributed by atoms with Crippen molar-refractivity contribution in [2.75, 3.05) is 0 Å². The number of hydrogen-bond donors (Lipinski definition) is 1. The molecule has 0 bridgehead atoms. The zero-order valence-electron chi connectivity index (χ0n) is 18.4. The van der Waals surface area contributed by atoms with E-state index in [9.17, 15) is 4.79 Å². The molecule has 2 aromatic heterocycles. The minimum absolute atomic E-state index is 0.280. The molecule has 3 heterocycles. The van der Waals surface area contributed by atoms with Gasteiger partial charge in [-0.05, 0) is 39.0 Å². The molecule has 1 unspecified atom stereocenters. The summed E-state index contributed by atoms with van der Waals surface area (Å²) in [4.78, 5) is 16.8. The Balaban J connectivity index is 1.85. The first-order chi connectivity index (χ1) is 15.6. The molecule has 0 amide bonds. The normalized spacial score (nSPS) is 17.8. The van der Waals surface area contributed by atoms with Gasteiger partial charge in [0.2, 0.25) is 0 Å². The van der Waals surface area contributed by atoms with Crippen LogP contribution >= 0.6 is 0 Å². The third-order valence-corrected chi connectivity index (χ3v) is 6.92. The second-order valence-corrected chi connectivity index (χ2v) is 8.51. The van der Waals surface area contributed by atoms with Gasteiger partial charge in [0.25, 0.3) is 0 Å². The molecule has 158 valence electrons. The minimum atomic E-state index is -1.03. The van der Waals surface area contributed by atoms with Gasteiger partial charge >= 0.3 is 5.97 Å². The van der Waals surface area contributed by atoms with E-state index >= 15 is 0 Å². The summed E-state index contributed by atoms with van der Waals surface area (Å²) in [5, 5.41) is 2.18. The number of aryl methyl sites for hydroxylation is 2. The molecule has 1 aliphatic rings. The summed E-state index contributed by atoms with van der Waals surface area (Å²) >= 11 is 0. The zero-order valence-corrected chi connectivity index (χ0v) is 18.4. The van der Waals surface area contributed by atoms with Crippen LogP contribution in [0.25, 0.3) is 21.8 Å². The quantitative estimate of drug-likeness (QED) is 0.352. The van der Waals surface area contributed by atoms with E-state index in [1.807, 2.05) is 36.4 Å². The highest BCUT2D eigenvalue weighted by atomic mass is 16.6. The van der Waals surface area contributed by atoms with Gasteiger partial charge in [0.15, 0.2) is 5.60 Å². The summed E-state index contributed by atoms with van der Waals surface area (Å²) < 4.78 is 8.82. The van der Waals surface area contributed by atoms with E-state index in [1.54, 1.807) is 0 Å². The van der Waals surface area contributed by atoms with Crippen molar-refractivity contribution in [3.8, 4) is 0 Å². The number of carbonyl (C=O) groups is 1. The fourth-order valence-electron chi connectivity index (χ4n) is 5.73. The molecule has 0 fully saturated rings. The van der Waals surface area contributed by atoms with Gasteiger partial charge in [-0.2, -0.15) is 0 Å². The number of nitrogens with zero attached hydrogens (tertiary/aromatic N) is 1. The lowest BCUT2D eigenvalue weighted by molar-refractivity contribution is 0.0256. The summed E-state index contributed by atoms with van der Waals surface area (Å²) in [5.74, 6) is -0.280. The minimum Gasteiger partial charge on any atom is -0.440 e. The lowest BCUT2D eigenvalue weighted by atomic mass is 9.77. The largest absolute Gasteiger partial charge is 0.440 e. The molecular weight excluding hydrogens is 396 g/mol. The number of para-hydroxylation sites is 2. The first-order valence-electron chi connectivity index (χ1n) is 11.1. The maximum Gasteiger partial charge on any atom is 0.340 e. The predicted octanol–water partition coefficient (Wildman–Crippen LogP) is 6.22. The highest BCUT2D eigenvalue weighted by molar-refractivity contribution is 6.01. The van der Waals surface area contributed by atoms with Crippen LogP contribution in [-0.2, 0) is 16.9 Å². The number of aromatic nitrogens is 2. The Morgan fingerprint density at radius 1 is 0.875 bits per heavy atom. The molecule has 1 aliphatic heterocycles. The van der Waals surface area contributed by atoms with E-state index in [0.717, 1.165) is 56.4 Å². The molecule has 4 heteroatoms. The van der Waals surface area contributed by atoms with Crippen molar-refractivity contribution in [3.05, 3.63) is 106 Å². The van der Waals surface area contributed by atoms with Crippen LogP contribution in [0.1, 0.15) is 45.4 Å². The van der Waals surface area contributed by atoms with Gasteiger partial charge in [-0.25, -0.2) is 4.79 Å². The van der Waals surface area contributed by atoms with Crippen molar-refractivity contribution in [2.45, 2.75) is 32.9 Å². The number of H-pyrrole nitrogens is 1. The maximum atomic E-state index is 13.3. The van der Waals surface area contributed by atoms with Crippen molar-refractivity contribution in [1.82, 2.24) is 9.55 Å². The van der Waals surface area contributed by atoms with Gasteiger partial charge in [-0.15, -0.1) is 0 Å². The molecule has 4 nitrogen and oxygen atoms in total. The van der Waals surface area contributed by atoms with Crippen LogP contribution in [0.5, 0.6) is 0 Å². The van der Waals surface area contributed by atoms with E-state index in [-0.39, 0.29) is 5.97 Å². The molecule has 0 spiro atoms. The smallest absolute Gasteiger partial charge is 0.340 e. The Bertz CT molecular complexity index is 1540. The molecule has 6 rings (SSSR count). The summed E-state index contributed by atoms with van der Waals surface area (Å²) in [5.41, 5.74) is 6.86. The Morgan fingerprint density at radius 2 is 1.56 bits per heavy atom. The number of esters is 1. The summed E-state index contributed by atoms with van der Waals surface area (Å²) in [6.07, 6.45) is 0. The number of hydrogen-bond acceptors (Lipinski definition) is 2. The first kappa shape index (κ1) is 18.9. The number of ether oxygens (including phenoxy) is 1. The van der Waals surface area contributed by atoms with E-state index in [0.29, 0.717) is 5.56 Å². The molecule has 0 radical (unpaired) electrons. The second-order valence-electron chi connectivity index (χ2n) is 8.51. The van der Waals surface area contributed by atoms with Crippen LogP contribution in [0.15, 0.2) is 72.8 Å². The Kier molecular flexibility index (Phi) is 3.91. The van der Waals surface area contributed by atoms with Crippen LogP contribution in [0, 0.1) is 13.8 Å². The average Bonchev–Trinajstić information content (AvgIpc) is 3.40. The number of rotatable bonds is 3. The monoisotopic (exact) mass is 420 g/mol. The highest BCUT2D eigenvalue weighted by Crippen LogP contribution is 2.53. The van der Waals surface area contributed by atoms with Crippen molar-refractivity contribution in [1.29, 1.82) is 0 Å². The first-order valence-corrected chi connectivity index (χ1v) is 11.1. The predicted molar refractivity (Wildman–Crippen MR) is 127 cm³/mol. The Labute approximate surface area is 186 Å². The van der Waals surface area contributed by atoms with Gasteiger partial charge in [-0.1, -0.05) is 54.6 Å². The summed E-state index contributed by atoms with van der Waals surface area (Å²) in [7, 11) is 0. The van der Waals surface area contributed by atoms with E-state index in [1.165, 1.54) is 0 Å². The van der Waals surface area contributed by atoms with Gasteiger partial charge in [-0.3, -0.25) is 0 Å². The van der Waals surface area contributed by atoms with Gasteiger partial charge in [0.05, 0.1) is 5.56 Å². The molecular formula is C28H24N2O2. The molecule has 0 saturated carbocycles. The van der Waals surface area contributed by atoms with Gasteiger partial charge < -0.3 is 14.3 Å². The molecule has 1 atom stereocenters. The molecule has 0 aliphatic carbocycles. The van der Waals surface area contributed by atoms with E-state index in [2.05, 4.69) is 66.7 Å². The van der Waals surface area contributed by atoms with Crippen molar-refractivity contribution < 1.29 is 9.53 Å². The fraction of sp³-hybridized carbons (Fsp3) is 0.179. The third-order valence-electron chi connectivity index (χ3n) is 6.92. The highest BCUT2D eigenvalue weighted by Gasteiger charge is 2.52. The number of aromatic amines is 1. The zero-order chi connectivity index (χ0) is 22.0. The van der Waals surface area contributed by atoms with Crippen LogP contribution in [0.3, 0.4) is 0 Å². The topological polar surface area (TPSA) is 47.0 Å². The number of cyclic esters (lactones) is 1. The summed E-state index contributed by atoms with van der Waals surface area (Å²) in [6.45, 7) is 7.20. The van der Waals surface area contributed by atoms with Crippen LogP contribution in [-0.4, -0.2) is 15.5 Å². The number of fused-ring (bicyclic) bond motifs is 3. The molecule has 32 heavy (non-hydrogen) atoms. The fourth-order valence-corrected chi connectivity index (χ4v) is 5.73. The second kappa shape index (κ2) is 6.60. The SMILES string of the molecule is CCn1c(C)c(C2(c3c(C)[nH]c4ccccc34)OC(=O)c3ccccc32)c2ccccc21. The molecule has 3 aromatic carbocycles. The summed E-state index contributed by atoms with van der Waals surface area (Å²) in [6, 6.07) is 24.5. The van der Waals surface area contributed by atoms with Crippen LogP contribution in [0.4, 0.5) is 0 Å². The Morgan fingerprint density at radius 3 is 2.38 bits per heavy atom. The molecule has 0 saturated heterocycles. The standard InChI is InChI=1S/C28H24N2O2/c1-4-30-18(3)26(21-13-7-10-16-24(21)30)28(22-14-8-5-11-19(22)27(31)32-28)25-17(2)29-23-15-9-6-12-20(23)25/h5-16,29H,4H2,1-3H3. The van der Waals surface area contributed by atoms with Crippen LogP contribution < -0.4 is 0 Å². The van der Waals surface area contributed by atoms with Gasteiger partial charge in [0.1, 0.15) is 0 Å². The van der Waals surface area contributed by atoms with Crippen molar-refractivity contribution >= 4 is 27.8 Å². The van der Waals surface area contributed by atoms with E-state index < -0.39 is 5.60 Å². The average molecular weight is 421 g/mol. The Hall–Kier alpha value is -3.79. The van der Waals surface area contributed by atoms with Gasteiger partial charge in [0, 0.05) is 56.4 Å². The number of nitrogens with one attached hydrogen (secondary N) is 1. The molecule has 1 N–H and O–H groups in total. The van der Waals surface area contributed by atoms with E-state index in [4.69, 9.17) is 4.74 Å². The molecule has 5 aromatic rings. The van der Waals surface area contributed by atoms with Crippen molar-refractivity contribution in [2.24, 2.45) is 0 Å². The van der Waals surface area contributed by atoms with Crippen molar-refractivity contribution in [3.63, 3.8) is 0 Å². The lowest BCUT2D eigenvalue weighted by Gasteiger charge is -2.31.